The lowest BCUT2D eigenvalue weighted by atomic mass is 9.89. The third-order valence-corrected chi connectivity index (χ3v) is 6.98. The first kappa shape index (κ1) is 19.6. The topological polar surface area (TPSA) is 88.3 Å². The Labute approximate surface area is 175 Å². The molecule has 0 atom stereocenters. The molecule has 1 aromatic carbocycles. The van der Waals surface area contributed by atoms with Gasteiger partial charge in [-0.05, 0) is 49.3 Å². The van der Waals surface area contributed by atoms with Gasteiger partial charge < -0.3 is 15.0 Å². The fraction of sp³-hybridized carbons (Fsp3) is 0.286. The summed E-state index contributed by atoms with van der Waals surface area (Å²) in [5.41, 5.74) is 5.19. The first-order valence-electron chi connectivity index (χ1n) is 9.31. The van der Waals surface area contributed by atoms with E-state index in [-0.39, 0.29) is 4.87 Å². The van der Waals surface area contributed by atoms with Gasteiger partial charge in [-0.2, -0.15) is 0 Å². The van der Waals surface area contributed by atoms with Crippen LogP contribution in [0, 0.1) is 6.92 Å². The van der Waals surface area contributed by atoms with Crippen LogP contribution in [0.3, 0.4) is 0 Å². The van der Waals surface area contributed by atoms with Gasteiger partial charge in [0.05, 0.1) is 7.11 Å². The highest BCUT2D eigenvalue weighted by Gasteiger charge is 2.24. The van der Waals surface area contributed by atoms with E-state index in [0.29, 0.717) is 21.1 Å². The van der Waals surface area contributed by atoms with Crippen LogP contribution in [0.15, 0.2) is 28.4 Å². The number of anilines is 1. The number of rotatable bonds is 4. The fourth-order valence-electron chi connectivity index (χ4n) is 3.65. The zero-order valence-electron chi connectivity index (χ0n) is 16.1. The lowest BCUT2D eigenvalue weighted by Crippen LogP contribution is -2.14. The normalized spacial score (nSPS) is 13.0. The number of nitrogens with one attached hydrogen (secondary N) is 2. The van der Waals surface area contributed by atoms with Crippen molar-refractivity contribution in [1.29, 1.82) is 0 Å². The van der Waals surface area contributed by atoms with Crippen molar-refractivity contribution in [3.8, 4) is 11.1 Å². The van der Waals surface area contributed by atoms with Crippen LogP contribution < -0.4 is 10.2 Å². The Morgan fingerprint density at radius 2 is 1.93 bits per heavy atom. The molecule has 0 fully saturated rings. The van der Waals surface area contributed by atoms with Gasteiger partial charge >= 0.3 is 10.8 Å². The van der Waals surface area contributed by atoms with Gasteiger partial charge in [0, 0.05) is 16.6 Å². The number of thiazole rings is 1. The molecule has 4 rings (SSSR count). The van der Waals surface area contributed by atoms with Crippen molar-refractivity contribution in [2.75, 3.05) is 12.4 Å². The van der Waals surface area contributed by atoms with Crippen LogP contribution in [-0.2, 0) is 17.6 Å². The second kappa shape index (κ2) is 7.96. The maximum atomic E-state index is 12.6. The van der Waals surface area contributed by atoms with Crippen molar-refractivity contribution < 1.29 is 14.3 Å². The Balaban J connectivity index is 1.72. The number of benzene rings is 1. The molecule has 2 aromatic heterocycles. The summed E-state index contributed by atoms with van der Waals surface area (Å²) < 4.78 is 4.99. The van der Waals surface area contributed by atoms with Crippen molar-refractivity contribution in [3.63, 3.8) is 0 Å². The maximum Gasteiger partial charge on any atom is 0.341 e. The lowest BCUT2D eigenvalue weighted by molar-refractivity contribution is 0.0603. The average Bonchev–Trinajstić information content (AvgIpc) is 3.29. The number of ether oxygens (including phenoxy) is 1. The summed E-state index contributed by atoms with van der Waals surface area (Å²) in [5.74, 6) is -0.928. The molecule has 8 heteroatoms. The Hall–Kier alpha value is -2.71. The number of aryl methyl sites for hydroxylation is 3. The molecule has 0 aliphatic heterocycles. The summed E-state index contributed by atoms with van der Waals surface area (Å²) in [4.78, 5) is 39.3. The Morgan fingerprint density at radius 1 is 1.17 bits per heavy atom. The molecule has 150 valence electrons. The number of carbonyl (C=O) groups is 2. The van der Waals surface area contributed by atoms with Crippen molar-refractivity contribution in [2.45, 2.75) is 32.6 Å². The molecule has 0 saturated carbocycles. The fourth-order valence-corrected chi connectivity index (χ4v) is 5.34. The quantitative estimate of drug-likeness (QED) is 0.603. The van der Waals surface area contributed by atoms with Crippen molar-refractivity contribution >= 4 is 39.6 Å². The molecule has 6 nitrogen and oxygen atoms in total. The predicted octanol–water partition coefficient (Wildman–Crippen LogP) is 4.39. The van der Waals surface area contributed by atoms with E-state index in [9.17, 15) is 14.4 Å². The van der Waals surface area contributed by atoms with Crippen LogP contribution in [0.5, 0.6) is 0 Å². The number of esters is 1. The highest BCUT2D eigenvalue weighted by atomic mass is 32.1. The number of hydrogen-bond acceptors (Lipinski definition) is 6. The number of thiophene rings is 1. The maximum absolute atomic E-state index is 12.6. The molecule has 0 unspecified atom stereocenters. The summed E-state index contributed by atoms with van der Waals surface area (Å²) in [6.07, 6.45) is 4.50. The Morgan fingerprint density at radius 3 is 2.62 bits per heavy atom. The minimum atomic E-state index is -0.506. The van der Waals surface area contributed by atoms with Crippen LogP contribution in [0.2, 0.25) is 0 Å². The molecule has 3 aromatic rings. The number of H-pyrrole nitrogens is 1. The molecule has 0 saturated heterocycles. The monoisotopic (exact) mass is 428 g/mol. The first-order valence-corrected chi connectivity index (χ1v) is 11.0. The number of aromatic nitrogens is 1. The van der Waals surface area contributed by atoms with E-state index < -0.39 is 11.9 Å². The van der Waals surface area contributed by atoms with Crippen molar-refractivity contribution in [3.05, 3.63) is 60.5 Å². The molecular weight excluding hydrogens is 408 g/mol. The average molecular weight is 429 g/mol. The number of carbonyl (C=O) groups excluding carboxylic acids is 2. The van der Waals surface area contributed by atoms with E-state index in [4.69, 9.17) is 4.74 Å². The van der Waals surface area contributed by atoms with Gasteiger partial charge in [-0.1, -0.05) is 29.5 Å². The molecule has 2 heterocycles. The second-order valence-electron chi connectivity index (χ2n) is 6.96. The standard InChI is InChI=1S/C21H20N2O4S2/c1-11-17(29-21(26)22-11)18(24)23-19-16(20(25)27-2)15(10-28-19)14-8-7-12-5-3-4-6-13(12)9-14/h7-10H,3-6H2,1-2H3,(H,22,26)(H,23,24). The van der Waals surface area contributed by atoms with Gasteiger partial charge in [-0.3, -0.25) is 9.59 Å². The number of methoxy groups -OCH3 is 1. The molecule has 1 aliphatic carbocycles. The third-order valence-electron chi connectivity index (χ3n) is 5.10. The number of hydrogen-bond donors (Lipinski definition) is 2. The van der Waals surface area contributed by atoms with E-state index in [2.05, 4.69) is 22.4 Å². The Kier molecular flexibility index (Phi) is 5.38. The minimum Gasteiger partial charge on any atom is -0.465 e. The zero-order valence-corrected chi connectivity index (χ0v) is 17.7. The zero-order chi connectivity index (χ0) is 20.5. The summed E-state index contributed by atoms with van der Waals surface area (Å²) in [6.45, 7) is 1.67. The number of fused-ring (bicyclic) bond motifs is 1. The number of aromatic amines is 1. The van der Waals surface area contributed by atoms with Gasteiger partial charge in [0.1, 0.15) is 15.4 Å². The summed E-state index contributed by atoms with van der Waals surface area (Å²) in [5, 5.41) is 5.05. The molecular formula is C21H20N2O4S2. The Bertz CT molecular complexity index is 1160. The molecule has 1 aliphatic rings. The smallest absolute Gasteiger partial charge is 0.341 e. The van der Waals surface area contributed by atoms with Gasteiger partial charge in [-0.15, -0.1) is 11.3 Å². The molecule has 29 heavy (non-hydrogen) atoms. The molecule has 0 bridgehead atoms. The van der Waals surface area contributed by atoms with Crippen LogP contribution >= 0.6 is 22.7 Å². The summed E-state index contributed by atoms with van der Waals surface area (Å²) in [7, 11) is 1.32. The van der Waals surface area contributed by atoms with Crippen LogP contribution in [0.4, 0.5) is 5.00 Å². The van der Waals surface area contributed by atoms with E-state index >= 15 is 0 Å². The van der Waals surface area contributed by atoms with E-state index in [1.165, 1.54) is 42.4 Å². The first-order chi connectivity index (χ1) is 14.0. The van der Waals surface area contributed by atoms with Crippen molar-refractivity contribution in [1.82, 2.24) is 4.98 Å². The summed E-state index contributed by atoms with van der Waals surface area (Å²) >= 11 is 2.12. The second-order valence-corrected chi connectivity index (χ2v) is 8.82. The van der Waals surface area contributed by atoms with Crippen LogP contribution in [0.25, 0.3) is 11.1 Å². The minimum absolute atomic E-state index is 0.290. The summed E-state index contributed by atoms with van der Waals surface area (Å²) in [6, 6.07) is 6.28. The molecule has 0 spiro atoms. The van der Waals surface area contributed by atoms with Gasteiger partial charge in [-0.25, -0.2) is 4.79 Å². The molecule has 1 amide bonds. The lowest BCUT2D eigenvalue weighted by Gasteiger charge is -2.16. The van der Waals surface area contributed by atoms with Gasteiger partial charge in [0.25, 0.3) is 5.91 Å². The van der Waals surface area contributed by atoms with Crippen LogP contribution in [0.1, 0.15) is 49.7 Å². The van der Waals surface area contributed by atoms with Crippen LogP contribution in [-0.4, -0.2) is 24.0 Å². The highest BCUT2D eigenvalue weighted by molar-refractivity contribution is 7.15. The molecule has 2 N–H and O–H groups in total. The predicted molar refractivity (Wildman–Crippen MR) is 115 cm³/mol. The van der Waals surface area contributed by atoms with E-state index in [1.807, 2.05) is 11.4 Å². The SMILES string of the molecule is COC(=O)c1c(-c2ccc3c(c2)CCCC3)csc1NC(=O)c1sc(=O)[nH]c1C. The third kappa shape index (κ3) is 3.77. The molecule has 0 radical (unpaired) electrons. The van der Waals surface area contributed by atoms with Crippen molar-refractivity contribution in [2.24, 2.45) is 0 Å². The van der Waals surface area contributed by atoms with Gasteiger partial charge in [0.2, 0.25) is 0 Å². The highest BCUT2D eigenvalue weighted by Crippen LogP contribution is 2.38. The number of amides is 1. The largest absolute Gasteiger partial charge is 0.465 e. The van der Waals surface area contributed by atoms with E-state index in [1.54, 1.807) is 6.92 Å². The van der Waals surface area contributed by atoms with Gasteiger partial charge in [0.15, 0.2) is 0 Å². The van der Waals surface area contributed by atoms with E-state index in [0.717, 1.165) is 35.3 Å².